The van der Waals surface area contributed by atoms with Crippen molar-refractivity contribution < 1.29 is 4.42 Å². The van der Waals surface area contributed by atoms with Gasteiger partial charge in [0.2, 0.25) is 0 Å². The van der Waals surface area contributed by atoms with Crippen LogP contribution in [0.25, 0.3) is 60.5 Å². The van der Waals surface area contributed by atoms with Crippen LogP contribution in [0.5, 0.6) is 0 Å². The molecule has 7 aromatic carbocycles. The second kappa shape index (κ2) is 13.6. The molecule has 264 valence electrons. The third-order valence-corrected chi connectivity index (χ3v) is 11.5. The van der Waals surface area contributed by atoms with Crippen molar-refractivity contribution in [3.05, 3.63) is 211 Å². The Morgan fingerprint density at radius 2 is 1.29 bits per heavy atom. The Morgan fingerprint density at radius 3 is 2.07 bits per heavy atom. The smallest absolute Gasteiger partial charge is 0.136 e. The summed E-state index contributed by atoms with van der Waals surface area (Å²) in [5.41, 5.74) is 13.9. The van der Waals surface area contributed by atoms with Crippen molar-refractivity contribution in [3.63, 3.8) is 0 Å². The van der Waals surface area contributed by atoms with Gasteiger partial charge in [0, 0.05) is 33.3 Å². The Kier molecular flexibility index (Phi) is 8.18. The van der Waals surface area contributed by atoms with E-state index >= 15 is 0 Å². The van der Waals surface area contributed by atoms with Gasteiger partial charge in [0.1, 0.15) is 11.2 Å². The number of fused-ring (bicyclic) bond motifs is 5. The van der Waals surface area contributed by atoms with Crippen molar-refractivity contribution >= 4 is 49.7 Å². The zero-order valence-electron chi connectivity index (χ0n) is 31.0. The van der Waals surface area contributed by atoms with Gasteiger partial charge in [0.15, 0.2) is 0 Å². The molecule has 55 heavy (non-hydrogen) atoms. The molecule has 0 bridgehead atoms. The molecule has 0 spiro atoms. The molecule has 0 saturated heterocycles. The van der Waals surface area contributed by atoms with Gasteiger partial charge in [0.25, 0.3) is 0 Å². The summed E-state index contributed by atoms with van der Waals surface area (Å²) in [4.78, 5) is 2.42. The fraction of sp³-hybridized carbons (Fsp3) is 0.0943. The molecule has 0 aliphatic heterocycles. The van der Waals surface area contributed by atoms with E-state index in [1.165, 1.54) is 60.8 Å². The minimum atomic E-state index is -0.0685. The van der Waals surface area contributed by atoms with E-state index in [2.05, 4.69) is 200 Å². The lowest BCUT2D eigenvalue weighted by molar-refractivity contribution is 0.595. The highest BCUT2D eigenvalue weighted by Crippen LogP contribution is 2.42. The maximum Gasteiger partial charge on any atom is 0.136 e. The van der Waals surface area contributed by atoms with Crippen LogP contribution in [0, 0.1) is 0 Å². The van der Waals surface area contributed by atoms with E-state index in [0.717, 1.165) is 47.2 Å². The minimum absolute atomic E-state index is 0.0685. The van der Waals surface area contributed by atoms with Gasteiger partial charge in [-0.25, -0.2) is 0 Å². The molecule has 10 rings (SSSR count). The van der Waals surface area contributed by atoms with Crippen LogP contribution in [0.4, 0.5) is 11.4 Å². The van der Waals surface area contributed by atoms with E-state index in [1.807, 2.05) is 6.07 Å². The summed E-state index contributed by atoms with van der Waals surface area (Å²) in [6.07, 6.45) is 17.1. The monoisotopic (exact) mass is 707 g/mol. The van der Waals surface area contributed by atoms with Gasteiger partial charge in [0.05, 0.1) is 0 Å². The van der Waals surface area contributed by atoms with E-state index in [1.54, 1.807) is 0 Å². The fourth-order valence-electron chi connectivity index (χ4n) is 8.49. The van der Waals surface area contributed by atoms with Gasteiger partial charge in [-0.2, -0.15) is 0 Å². The average molecular weight is 708 g/mol. The maximum atomic E-state index is 6.24. The normalized spacial score (nSPS) is 16.7. The SMILES string of the molecule is CC1(c2ccccc2)C=CC(N(c2ccc(-c3ccc4ccc5oc6ccccc6c5c4c3)cc2)c2ccc(C3=CCCC=C3)c(-c3ccccc3)c2)=CC1. The number of anilines is 2. The number of nitrogens with zero attached hydrogens (tertiary/aromatic N) is 1. The molecule has 0 saturated carbocycles. The molecule has 2 nitrogen and oxygen atoms in total. The Balaban J connectivity index is 1.08. The molecule has 0 amide bonds. The van der Waals surface area contributed by atoms with Crippen LogP contribution in [-0.2, 0) is 5.41 Å². The van der Waals surface area contributed by atoms with Crippen LogP contribution in [0.15, 0.2) is 204 Å². The number of furan rings is 1. The minimum Gasteiger partial charge on any atom is -0.456 e. The Bertz CT molecular complexity index is 2840. The number of para-hydroxylation sites is 1. The molecular weight excluding hydrogens is 667 g/mol. The molecule has 2 heteroatoms. The number of benzene rings is 7. The second-order valence-electron chi connectivity index (χ2n) is 15.0. The molecule has 1 atom stereocenters. The van der Waals surface area contributed by atoms with Crippen LogP contribution >= 0.6 is 0 Å². The van der Waals surface area contributed by atoms with Gasteiger partial charge in [-0.05, 0) is 118 Å². The van der Waals surface area contributed by atoms with E-state index in [0.29, 0.717) is 0 Å². The van der Waals surface area contributed by atoms with Crippen molar-refractivity contribution in [2.24, 2.45) is 0 Å². The number of rotatable bonds is 7. The highest BCUT2D eigenvalue weighted by atomic mass is 16.3. The number of hydrogen-bond acceptors (Lipinski definition) is 2. The maximum absolute atomic E-state index is 6.24. The zero-order chi connectivity index (χ0) is 36.8. The zero-order valence-corrected chi connectivity index (χ0v) is 31.0. The predicted molar refractivity (Wildman–Crippen MR) is 233 cm³/mol. The summed E-state index contributed by atoms with van der Waals surface area (Å²) in [6.45, 7) is 2.34. The van der Waals surface area contributed by atoms with Crippen LogP contribution < -0.4 is 4.90 Å². The number of hydrogen-bond donors (Lipinski definition) is 0. The predicted octanol–water partition coefficient (Wildman–Crippen LogP) is 14.7. The summed E-state index contributed by atoms with van der Waals surface area (Å²) in [5.74, 6) is 0. The number of allylic oxidation sites excluding steroid dienone is 7. The Morgan fingerprint density at radius 1 is 0.545 bits per heavy atom. The Labute approximate surface area is 322 Å². The molecule has 0 radical (unpaired) electrons. The highest BCUT2D eigenvalue weighted by molar-refractivity contribution is 6.19. The first-order chi connectivity index (χ1) is 27.1. The van der Waals surface area contributed by atoms with E-state index in [9.17, 15) is 0 Å². The van der Waals surface area contributed by atoms with Crippen molar-refractivity contribution in [3.8, 4) is 22.3 Å². The summed E-state index contributed by atoms with van der Waals surface area (Å²) < 4.78 is 6.24. The molecule has 1 unspecified atom stereocenters. The van der Waals surface area contributed by atoms with Crippen molar-refractivity contribution in [1.82, 2.24) is 0 Å². The summed E-state index contributed by atoms with van der Waals surface area (Å²) in [7, 11) is 0. The molecule has 0 N–H and O–H groups in total. The lowest BCUT2D eigenvalue weighted by Gasteiger charge is -2.34. The summed E-state index contributed by atoms with van der Waals surface area (Å²) >= 11 is 0. The topological polar surface area (TPSA) is 16.4 Å². The lowest BCUT2D eigenvalue weighted by Crippen LogP contribution is -2.24. The van der Waals surface area contributed by atoms with Gasteiger partial charge >= 0.3 is 0 Å². The largest absolute Gasteiger partial charge is 0.456 e. The van der Waals surface area contributed by atoms with Gasteiger partial charge < -0.3 is 9.32 Å². The molecular formula is C53H41NO. The third-order valence-electron chi connectivity index (χ3n) is 11.5. The first kappa shape index (κ1) is 33.0. The quantitative estimate of drug-likeness (QED) is 0.164. The standard InChI is InChI=1S/C53H41NO/c1-53(42-17-9-4-10-18-42)33-31-44(32-34-53)54(45-28-29-46(38-13-5-2-6-14-38)48(36-45)39-15-7-3-8-16-39)43-26-23-37(24-27-43)41-22-21-40-25-30-51-52(49(40)35-41)47-19-11-12-20-50(47)55-51/h3-5,7-33,35-36H,2,6,34H2,1H3. The molecule has 1 heterocycles. The lowest BCUT2D eigenvalue weighted by atomic mass is 9.77. The highest BCUT2D eigenvalue weighted by Gasteiger charge is 2.27. The first-order valence-electron chi connectivity index (χ1n) is 19.4. The van der Waals surface area contributed by atoms with Crippen LogP contribution in [-0.4, -0.2) is 0 Å². The first-order valence-corrected chi connectivity index (χ1v) is 19.4. The van der Waals surface area contributed by atoms with Crippen LogP contribution in [0.3, 0.4) is 0 Å². The van der Waals surface area contributed by atoms with Crippen LogP contribution in [0.1, 0.15) is 37.3 Å². The van der Waals surface area contributed by atoms with E-state index < -0.39 is 0 Å². The molecule has 2 aliphatic carbocycles. The van der Waals surface area contributed by atoms with E-state index in [-0.39, 0.29) is 5.41 Å². The molecule has 0 fully saturated rings. The average Bonchev–Trinajstić information content (AvgIpc) is 3.65. The summed E-state index contributed by atoms with van der Waals surface area (Å²) in [6, 6.07) is 57.1. The molecule has 8 aromatic rings. The third kappa shape index (κ3) is 6.01. The molecule has 1 aromatic heterocycles. The fourth-order valence-corrected chi connectivity index (χ4v) is 8.49. The molecule has 2 aliphatic rings. The van der Waals surface area contributed by atoms with Crippen molar-refractivity contribution in [2.75, 3.05) is 4.90 Å². The van der Waals surface area contributed by atoms with Gasteiger partial charge in [-0.15, -0.1) is 0 Å². The van der Waals surface area contributed by atoms with E-state index in [4.69, 9.17) is 4.42 Å². The van der Waals surface area contributed by atoms with Gasteiger partial charge in [-0.1, -0.05) is 153 Å². The van der Waals surface area contributed by atoms with Crippen molar-refractivity contribution in [2.45, 2.75) is 31.6 Å². The Hall–Kier alpha value is -6.64. The summed E-state index contributed by atoms with van der Waals surface area (Å²) in [5, 5.41) is 4.75. The van der Waals surface area contributed by atoms with Crippen LogP contribution in [0.2, 0.25) is 0 Å². The van der Waals surface area contributed by atoms with Crippen molar-refractivity contribution in [1.29, 1.82) is 0 Å². The van der Waals surface area contributed by atoms with Gasteiger partial charge in [-0.3, -0.25) is 0 Å². The second-order valence-corrected chi connectivity index (χ2v) is 15.0.